The number of piperidine rings is 2. The second-order valence-corrected chi connectivity index (χ2v) is 9.84. The molecular weight excluding hydrogens is 464 g/mol. The van der Waals surface area contributed by atoms with Gasteiger partial charge in [0.2, 0.25) is 11.8 Å². The molecule has 0 radical (unpaired) electrons. The van der Waals surface area contributed by atoms with E-state index in [4.69, 9.17) is 9.47 Å². The van der Waals surface area contributed by atoms with Gasteiger partial charge in [-0.1, -0.05) is 60.7 Å². The Morgan fingerprint density at radius 2 is 1.41 bits per heavy atom. The van der Waals surface area contributed by atoms with Crippen LogP contribution in [0.3, 0.4) is 0 Å². The number of benzene rings is 3. The third kappa shape index (κ3) is 5.19. The molecule has 5 rings (SSSR count). The molecule has 0 bridgehead atoms. The normalized spacial score (nSPS) is 17.9. The second kappa shape index (κ2) is 11.1. The molecule has 2 aliphatic heterocycles. The largest absolute Gasteiger partial charge is 0.497 e. The van der Waals surface area contributed by atoms with Crippen molar-refractivity contribution in [2.75, 3.05) is 33.3 Å². The number of likely N-dealkylation sites (tertiary alicyclic amines) is 2. The number of amides is 2. The van der Waals surface area contributed by atoms with Gasteiger partial charge < -0.3 is 19.3 Å². The van der Waals surface area contributed by atoms with Gasteiger partial charge in [-0.05, 0) is 48.2 Å². The zero-order chi connectivity index (χ0) is 25.7. The molecule has 3 aromatic rings. The van der Waals surface area contributed by atoms with Gasteiger partial charge in [-0.15, -0.1) is 0 Å². The van der Waals surface area contributed by atoms with E-state index >= 15 is 0 Å². The SMILES string of the molecule is COc1ccc(OC2CCN(C(=O)CN3CCCC(c4ccccc4)(c4ccccc4)C3=O)CC2)cc1. The lowest BCUT2D eigenvalue weighted by molar-refractivity contribution is -0.146. The number of carbonyl (C=O) groups excluding carboxylic acids is 2. The smallest absolute Gasteiger partial charge is 0.242 e. The maximum atomic E-state index is 14.1. The molecule has 0 unspecified atom stereocenters. The third-order valence-electron chi connectivity index (χ3n) is 7.65. The van der Waals surface area contributed by atoms with Crippen LogP contribution in [0.15, 0.2) is 84.9 Å². The van der Waals surface area contributed by atoms with E-state index in [0.29, 0.717) is 19.6 Å². The Labute approximate surface area is 218 Å². The van der Waals surface area contributed by atoms with E-state index in [2.05, 4.69) is 0 Å². The minimum Gasteiger partial charge on any atom is -0.497 e. The standard InChI is InChI=1S/C31H34N2O4/c1-36-26-13-15-27(16-14-26)37-28-17-21-32(22-18-28)29(34)23-33-20-8-19-31(30(33)35,24-9-4-2-5-10-24)25-11-6-3-7-12-25/h2-7,9-16,28H,8,17-23H2,1H3. The van der Waals surface area contributed by atoms with Crippen molar-refractivity contribution < 1.29 is 19.1 Å². The molecule has 6 nitrogen and oxygen atoms in total. The van der Waals surface area contributed by atoms with E-state index in [1.54, 1.807) is 12.0 Å². The van der Waals surface area contributed by atoms with Crippen LogP contribution in [0.1, 0.15) is 36.8 Å². The van der Waals surface area contributed by atoms with Gasteiger partial charge in [-0.25, -0.2) is 0 Å². The minimum absolute atomic E-state index is 0.00757. The fourth-order valence-electron chi connectivity index (χ4n) is 5.65. The fourth-order valence-corrected chi connectivity index (χ4v) is 5.65. The molecule has 2 amide bonds. The molecule has 0 spiro atoms. The van der Waals surface area contributed by atoms with Gasteiger partial charge in [0.05, 0.1) is 19.1 Å². The Bertz CT molecular complexity index is 1150. The zero-order valence-corrected chi connectivity index (χ0v) is 21.3. The quantitative estimate of drug-likeness (QED) is 0.475. The number of rotatable bonds is 7. The second-order valence-electron chi connectivity index (χ2n) is 9.84. The van der Waals surface area contributed by atoms with Gasteiger partial charge >= 0.3 is 0 Å². The number of nitrogens with zero attached hydrogens (tertiary/aromatic N) is 2. The molecule has 37 heavy (non-hydrogen) atoms. The Morgan fingerprint density at radius 1 is 0.838 bits per heavy atom. The number of hydrogen-bond donors (Lipinski definition) is 0. The first-order valence-electron chi connectivity index (χ1n) is 13.1. The molecule has 0 aromatic heterocycles. The molecule has 2 saturated heterocycles. The van der Waals surface area contributed by atoms with Crippen LogP contribution < -0.4 is 9.47 Å². The molecule has 0 atom stereocenters. The molecule has 0 saturated carbocycles. The topological polar surface area (TPSA) is 59.1 Å². The van der Waals surface area contributed by atoms with Crippen molar-refractivity contribution in [3.8, 4) is 11.5 Å². The molecule has 3 aromatic carbocycles. The van der Waals surface area contributed by atoms with Gasteiger partial charge in [0, 0.05) is 32.5 Å². The van der Waals surface area contributed by atoms with Gasteiger partial charge in [0.1, 0.15) is 17.6 Å². The van der Waals surface area contributed by atoms with Gasteiger partial charge in [-0.2, -0.15) is 0 Å². The molecule has 0 N–H and O–H groups in total. The predicted octanol–water partition coefficient (Wildman–Crippen LogP) is 4.67. The highest BCUT2D eigenvalue weighted by Crippen LogP contribution is 2.41. The first kappa shape index (κ1) is 24.9. The summed E-state index contributed by atoms with van der Waals surface area (Å²) in [7, 11) is 1.64. The van der Waals surface area contributed by atoms with E-state index in [0.717, 1.165) is 48.3 Å². The van der Waals surface area contributed by atoms with Crippen LogP contribution in [-0.4, -0.2) is 61.0 Å². The average molecular weight is 499 g/mol. The van der Waals surface area contributed by atoms with E-state index in [1.165, 1.54) is 0 Å². The molecule has 2 fully saturated rings. The van der Waals surface area contributed by atoms with Gasteiger partial charge in [0.25, 0.3) is 0 Å². The van der Waals surface area contributed by atoms with Crippen LogP contribution in [-0.2, 0) is 15.0 Å². The van der Waals surface area contributed by atoms with Crippen LogP contribution in [0.4, 0.5) is 0 Å². The van der Waals surface area contributed by atoms with Crippen LogP contribution in [0.25, 0.3) is 0 Å². The minimum atomic E-state index is -0.764. The number of hydrogen-bond acceptors (Lipinski definition) is 4. The molecule has 6 heteroatoms. The van der Waals surface area contributed by atoms with Crippen LogP contribution >= 0.6 is 0 Å². The Kier molecular flexibility index (Phi) is 7.45. The summed E-state index contributed by atoms with van der Waals surface area (Å²) in [4.78, 5) is 31.0. The average Bonchev–Trinajstić information content (AvgIpc) is 2.96. The van der Waals surface area contributed by atoms with Crippen molar-refractivity contribution in [2.45, 2.75) is 37.2 Å². The Hall–Kier alpha value is -3.80. The summed E-state index contributed by atoms with van der Waals surface area (Å²) in [6.07, 6.45) is 3.19. The molecule has 0 aliphatic carbocycles. The van der Waals surface area contributed by atoms with E-state index in [1.807, 2.05) is 89.8 Å². The number of carbonyl (C=O) groups is 2. The maximum Gasteiger partial charge on any atom is 0.242 e. The van der Waals surface area contributed by atoms with Crippen molar-refractivity contribution in [1.82, 2.24) is 9.80 Å². The Balaban J connectivity index is 1.24. The van der Waals surface area contributed by atoms with E-state index in [9.17, 15) is 9.59 Å². The number of methoxy groups -OCH3 is 1. The highest BCUT2D eigenvalue weighted by atomic mass is 16.5. The van der Waals surface area contributed by atoms with Crippen molar-refractivity contribution in [2.24, 2.45) is 0 Å². The lowest BCUT2D eigenvalue weighted by atomic mass is 9.68. The first-order valence-corrected chi connectivity index (χ1v) is 13.1. The monoisotopic (exact) mass is 498 g/mol. The van der Waals surface area contributed by atoms with Crippen molar-refractivity contribution in [1.29, 1.82) is 0 Å². The summed E-state index contributed by atoms with van der Waals surface area (Å²) in [5.74, 6) is 1.63. The van der Waals surface area contributed by atoms with Crippen molar-refractivity contribution in [3.63, 3.8) is 0 Å². The highest BCUT2D eigenvalue weighted by Gasteiger charge is 2.47. The van der Waals surface area contributed by atoms with E-state index in [-0.39, 0.29) is 24.5 Å². The lowest BCUT2D eigenvalue weighted by Crippen LogP contribution is -2.55. The molecule has 2 heterocycles. The zero-order valence-electron chi connectivity index (χ0n) is 21.3. The van der Waals surface area contributed by atoms with Crippen LogP contribution in [0.5, 0.6) is 11.5 Å². The van der Waals surface area contributed by atoms with E-state index < -0.39 is 5.41 Å². The first-order chi connectivity index (χ1) is 18.1. The summed E-state index contributed by atoms with van der Waals surface area (Å²) in [6.45, 7) is 1.97. The van der Waals surface area contributed by atoms with Gasteiger partial charge in [0.15, 0.2) is 0 Å². The highest BCUT2D eigenvalue weighted by molar-refractivity contribution is 5.95. The Morgan fingerprint density at radius 3 is 1.97 bits per heavy atom. The summed E-state index contributed by atoms with van der Waals surface area (Å²) < 4.78 is 11.3. The molecule has 192 valence electrons. The van der Waals surface area contributed by atoms with Crippen LogP contribution in [0.2, 0.25) is 0 Å². The van der Waals surface area contributed by atoms with Gasteiger partial charge in [-0.3, -0.25) is 9.59 Å². The third-order valence-corrected chi connectivity index (χ3v) is 7.65. The van der Waals surface area contributed by atoms with Crippen LogP contribution in [0, 0.1) is 0 Å². The summed E-state index contributed by atoms with van der Waals surface area (Å²) in [5, 5.41) is 0. The summed E-state index contributed by atoms with van der Waals surface area (Å²) in [5.41, 5.74) is 1.21. The molecule has 2 aliphatic rings. The summed E-state index contributed by atoms with van der Waals surface area (Å²) >= 11 is 0. The maximum absolute atomic E-state index is 14.1. The van der Waals surface area contributed by atoms with Crippen molar-refractivity contribution in [3.05, 3.63) is 96.1 Å². The lowest BCUT2D eigenvalue weighted by Gasteiger charge is -2.43. The fraction of sp³-hybridized carbons (Fsp3) is 0.355. The molecular formula is C31H34N2O4. The van der Waals surface area contributed by atoms with Crippen molar-refractivity contribution >= 4 is 11.8 Å². The summed E-state index contributed by atoms with van der Waals surface area (Å²) in [6, 6.07) is 27.6. The number of ether oxygens (including phenoxy) is 2. The predicted molar refractivity (Wildman–Crippen MR) is 143 cm³/mol.